The number of amides is 1. The van der Waals surface area contributed by atoms with Gasteiger partial charge in [0.1, 0.15) is 11.4 Å². The van der Waals surface area contributed by atoms with Crippen LogP contribution >= 0.6 is 11.6 Å². The number of aliphatic carboxylic acids is 1. The summed E-state index contributed by atoms with van der Waals surface area (Å²) in [6.45, 7) is 2.56. The molecule has 5 nitrogen and oxygen atoms in total. The molecule has 1 atom stereocenters. The van der Waals surface area contributed by atoms with Crippen molar-refractivity contribution in [3.05, 3.63) is 100 Å². The van der Waals surface area contributed by atoms with Gasteiger partial charge in [0.05, 0.1) is 6.42 Å². The van der Waals surface area contributed by atoms with E-state index >= 15 is 0 Å². The van der Waals surface area contributed by atoms with Crippen LogP contribution in [0.15, 0.2) is 72.8 Å². The second kappa shape index (κ2) is 9.67. The fourth-order valence-corrected chi connectivity index (χ4v) is 4.51. The molecular weight excluding hydrogens is 438 g/mol. The van der Waals surface area contributed by atoms with E-state index in [2.05, 4.69) is 6.92 Å². The molecule has 0 fully saturated rings. The number of nitrogens with zero attached hydrogens (tertiary/aromatic N) is 1. The maximum Gasteiger partial charge on any atom is 0.305 e. The van der Waals surface area contributed by atoms with E-state index < -0.39 is 11.6 Å². The summed E-state index contributed by atoms with van der Waals surface area (Å²) in [5.74, 6) is -0.345. The number of carboxylic acid groups (broad SMARTS) is 1. The minimum atomic E-state index is -0.931. The van der Waals surface area contributed by atoms with Crippen molar-refractivity contribution in [3.8, 4) is 5.75 Å². The van der Waals surface area contributed by atoms with E-state index in [1.54, 1.807) is 11.0 Å². The zero-order valence-corrected chi connectivity index (χ0v) is 19.2. The van der Waals surface area contributed by atoms with Crippen LogP contribution in [0, 0.1) is 0 Å². The number of halogens is 1. The predicted molar refractivity (Wildman–Crippen MR) is 128 cm³/mol. The van der Waals surface area contributed by atoms with Gasteiger partial charge in [-0.3, -0.25) is 9.59 Å². The number of hydrogen-bond acceptors (Lipinski definition) is 3. The molecule has 0 unspecified atom stereocenters. The highest BCUT2D eigenvalue weighted by Gasteiger charge is 2.35. The van der Waals surface area contributed by atoms with Crippen molar-refractivity contribution in [2.24, 2.45) is 0 Å². The molecule has 0 aliphatic carbocycles. The standard InChI is InChI=1S/C27H26ClNO4/c1-27(16-20-8-5-9-23(28)14-20)17-22-15-21(10-11-24(22)33-27)26(32)29(13-12-25(30)31)18-19-6-3-2-4-7-19/h2-11,14-15H,12-13,16-18H2,1H3,(H,30,31)/t27-/m0/s1. The van der Waals surface area contributed by atoms with Gasteiger partial charge in [-0.25, -0.2) is 0 Å². The zero-order valence-electron chi connectivity index (χ0n) is 18.5. The molecule has 1 amide bonds. The minimum absolute atomic E-state index is 0.107. The van der Waals surface area contributed by atoms with Crippen LogP contribution in [0.3, 0.4) is 0 Å². The Morgan fingerprint density at radius 3 is 2.52 bits per heavy atom. The molecule has 0 bridgehead atoms. The number of carbonyl (C=O) groups is 2. The van der Waals surface area contributed by atoms with Crippen molar-refractivity contribution >= 4 is 23.5 Å². The van der Waals surface area contributed by atoms with Crippen molar-refractivity contribution in [1.29, 1.82) is 0 Å². The Kier molecular flexibility index (Phi) is 6.70. The Hall–Kier alpha value is -3.31. The Bertz CT molecular complexity index is 1160. The van der Waals surface area contributed by atoms with Crippen LogP contribution in [0.25, 0.3) is 0 Å². The van der Waals surface area contributed by atoms with Crippen molar-refractivity contribution in [2.75, 3.05) is 6.54 Å². The van der Waals surface area contributed by atoms with E-state index in [1.165, 1.54) is 0 Å². The molecule has 0 radical (unpaired) electrons. The minimum Gasteiger partial charge on any atom is -0.487 e. The first kappa shape index (κ1) is 22.9. The lowest BCUT2D eigenvalue weighted by Gasteiger charge is -2.24. The van der Waals surface area contributed by atoms with Crippen LogP contribution in [0.5, 0.6) is 5.75 Å². The second-order valence-electron chi connectivity index (χ2n) is 8.71. The van der Waals surface area contributed by atoms with Gasteiger partial charge in [0, 0.05) is 36.5 Å². The molecule has 0 saturated carbocycles. The summed E-state index contributed by atoms with van der Waals surface area (Å²) in [5, 5.41) is 9.83. The molecule has 6 heteroatoms. The summed E-state index contributed by atoms with van der Waals surface area (Å²) in [6, 6.07) is 22.8. The first-order valence-electron chi connectivity index (χ1n) is 10.9. The molecule has 3 aromatic rings. The Labute approximate surface area is 198 Å². The Morgan fingerprint density at radius 1 is 1.03 bits per heavy atom. The lowest BCUT2D eigenvalue weighted by Crippen LogP contribution is -2.33. The molecule has 0 spiro atoms. The quantitative estimate of drug-likeness (QED) is 0.486. The van der Waals surface area contributed by atoms with Gasteiger partial charge in [-0.15, -0.1) is 0 Å². The Morgan fingerprint density at radius 2 is 1.79 bits per heavy atom. The maximum absolute atomic E-state index is 13.3. The van der Waals surface area contributed by atoms with Gasteiger partial charge >= 0.3 is 5.97 Å². The summed E-state index contributed by atoms with van der Waals surface area (Å²) < 4.78 is 6.26. The second-order valence-corrected chi connectivity index (χ2v) is 9.15. The summed E-state index contributed by atoms with van der Waals surface area (Å²) in [5.41, 5.74) is 3.13. The average Bonchev–Trinajstić information content (AvgIpc) is 3.11. The zero-order chi connectivity index (χ0) is 23.4. The van der Waals surface area contributed by atoms with E-state index in [-0.39, 0.29) is 18.9 Å². The molecular formula is C27H26ClNO4. The van der Waals surface area contributed by atoms with Crippen LogP contribution < -0.4 is 4.74 Å². The number of carboxylic acids is 1. The lowest BCUT2D eigenvalue weighted by molar-refractivity contribution is -0.137. The van der Waals surface area contributed by atoms with Crippen LogP contribution in [0.4, 0.5) is 0 Å². The monoisotopic (exact) mass is 463 g/mol. The fraction of sp³-hybridized carbons (Fsp3) is 0.259. The van der Waals surface area contributed by atoms with Crippen LogP contribution in [-0.4, -0.2) is 34.0 Å². The number of rotatable bonds is 8. The highest BCUT2D eigenvalue weighted by atomic mass is 35.5. The van der Waals surface area contributed by atoms with Crippen LogP contribution in [0.2, 0.25) is 5.02 Å². The predicted octanol–water partition coefficient (Wildman–Crippen LogP) is 5.39. The van der Waals surface area contributed by atoms with Crippen molar-refractivity contribution in [3.63, 3.8) is 0 Å². The van der Waals surface area contributed by atoms with Gasteiger partial charge < -0.3 is 14.7 Å². The van der Waals surface area contributed by atoms with Crippen molar-refractivity contribution in [1.82, 2.24) is 4.90 Å². The number of hydrogen-bond donors (Lipinski definition) is 1. The molecule has 0 saturated heterocycles. The van der Waals surface area contributed by atoms with Gasteiger partial charge in [0.15, 0.2) is 0 Å². The molecule has 1 aliphatic heterocycles. The summed E-state index contributed by atoms with van der Waals surface area (Å²) >= 11 is 6.13. The highest BCUT2D eigenvalue weighted by molar-refractivity contribution is 6.30. The number of carbonyl (C=O) groups excluding carboxylic acids is 1. The number of benzene rings is 3. The third-order valence-corrected chi connectivity index (χ3v) is 6.03. The van der Waals surface area contributed by atoms with E-state index in [4.69, 9.17) is 21.4 Å². The van der Waals surface area contributed by atoms with E-state index in [1.807, 2.05) is 66.7 Å². The molecule has 3 aromatic carbocycles. The summed E-state index contributed by atoms with van der Waals surface area (Å²) in [4.78, 5) is 26.1. The fourth-order valence-electron chi connectivity index (χ4n) is 4.30. The molecule has 33 heavy (non-hydrogen) atoms. The van der Waals surface area contributed by atoms with E-state index in [0.29, 0.717) is 30.0 Å². The third-order valence-electron chi connectivity index (χ3n) is 5.79. The third kappa shape index (κ3) is 5.74. The van der Waals surface area contributed by atoms with Gasteiger partial charge in [-0.2, -0.15) is 0 Å². The lowest BCUT2D eigenvalue weighted by atomic mass is 9.91. The number of fused-ring (bicyclic) bond motifs is 1. The Balaban J connectivity index is 1.52. The largest absolute Gasteiger partial charge is 0.487 e. The topological polar surface area (TPSA) is 66.8 Å². The van der Waals surface area contributed by atoms with E-state index in [0.717, 1.165) is 22.4 Å². The average molecular weight is 464 g/mol. The maximum atomic E-state index is 13.3. The van der Waals surface area contributed by atoms with Gasteiger partial charge in [-0.05, 0) is 53.9 Å². The van der Waals surface area contributed by atoms with Gasteiger partial charge in [0.2, 0.25) is 0 Å². The molecule has 1 aliphatic rings. The number of ether oxygens (including phenoxy) is 1. The summed E-state index contributed by atoms with van der Waals surface area (Å²) in [6.07, 6.45) is 1.26. The highest BCUT2D eigenvalue weighted by Crippen LogP contribution is 2.38. The smallest absolute Gasteiger partial charge is 0.305 e. The van der Waals surface area contributed by atoms with Gasteiger partial charge in [-0.1, -0.05) is 54.1 Å². The van der Waals surface area contributed by atoms with Crippen LogP contribution in [0.1, 0.15) is 40.4 Å². The summed E-state index contributed by atoms with van der Waals surface area (Å²) in [7, 11) is 0. The first-order chi connectivity index (χ1) is 15.8. The van der Waals surface area contributed by atoms with Crippen molar-refractivity contribution < 1.29 is 19.4 Å². The van der Waals surface area contributed by atoms with Crippen LogP contribution in [-0.2, 0) is 24.2 Å². The van der Waals surface area contributed by atoms with Gasteiger partial charge in [0.25, 0.3) is 5.91 Å². The molecule has 4 rings (SSSR count). The van der Waals surface area contributed by atoms with E-state index in [9.17, 15) is 9.59 Å². The molecule has 170 valence electrons. The first-order valence-corrected chi connectivity index (χ1v) is 11.3. The van der Waals surface area contributed by atoms with Crippen molar-refractivity contribution in [2.45, 2.75) is 38.3 Å². The normalized spacial score (nSPS) is 16.7. The molecule has 1 N–H and O–H groups in total. The SMILES string of the molecule is C[C@]1(Cc2cccc(Cl)c2)Cc2cc(C(=O)N(CCC(=O)O)Cc3ccccc3)ccc2O1. The molecule has 0 aromatic heterocycles. The molecule has 1 heterocycles.